The van der Waals surface area contributed by atoms with Gasteiger partial charge in [-0.2, -0.15) is 0 Å². The summed E-state index contributed by atoms with van der Waals surface area (Å²) in [4.78, 5) is 13.4. The molecule has 1 aromatic rings. The normalized spacial score (nSPS) is 23.7. The van der Waals surface area contributed by atoms with Gasteiger partial charge in [-0.1, -0.05) is 18.2 Å². The molecule has 25 heavy (non-hydrogen) atoms. The molecule has 2 rings (SSSR count). The van der Waals surface area contributed by atoms with E-state index in [2.05, 4.69) is 0 Å². The first kappa shape index (κ1) is 19.9. The first-order valence-corrected chi connectivity index (χ1v) is 9.43. The second-order valence-electron chi connectivity index (χ2n) is 5.93. The molecule has 0 saturated heterocycles. The smallest absolute Gasteiger partial charge is 0.338 e. The van der Waals surface area contributed by atoms with Crippen molar-refractivity contribution in [3.05, 3.63) is 35.9 Å². The number of halogens is 2. The highest BCUT2D eigenvalue weighted by atomic mass is 32.2. The standard InChI is InChI=1S/C19H24F2O3S/c1-3-24-19(22)16(10-13-11-17(20)18(21)12-13)14-4-6-15(7-5-14)25-9-8-23-2/h4-7,10,13,17-18H,3,8-9,11-12H2,1-2H3/b16-10-. The summed E-state index contributed by atoms with van der Waals surface area (Å²) in [5.41, 5.74) is 1.08. The van der Waals surface area contributed by atoms with E-state index in [0.717, 1.165) is 10.6 Å². The molecular weight excluding hydrogens is 346 g/mol. The van der Waals surface area contributed by atoms with Crippen molar-refractivity contribution in [2.24, 2.45) is 5.92 Å². The number of alkyl halides is 2. The van der Waals surface area contributed by atoms with Crippen molar-refractivity contribution >= 4 is 23.3 Å². The maximum absolute atomic E-state index is 13.4. The molecule has 1 aliphatic carbocycles. The molecule has 1 fully saturated rings. The van der Waals surface area contributed by atoms with E-state index >= 15 is 0 Å². The lowest BCUT2D eigenvalue weighted by Crippen LogP contribution is -2.08. The largest absolute Gasteiger partial charge is 0.462 e. The number of methoxy groups -OCH3 is 1. The number of thioether (sulfide) groups is 1. The highest BCUT2D eigenvalue weighted by Gasteiger charge is 2.34. The molecule has 6 heteroatoms. The van der Waals surface area contributed by atoms with Crippen molar-refractivity contribution < 1.29 is 23.0 Å². The number of benzene rings is 1. The monoisotopic (exact) mass is 370 g/mol. The van der Waals surface area contributed by atoms with Gasteiger partial charge in [0.1, 0.15) is 12.3 Å². The minimum absolute atomic E-state index is 0.106. The minimum atomic E-state index is -1.45. The number of ether oxygens (including phenoxy) is 2. The molecule has 0 heterocycles. The van der Waals surface area contributed by atoms with E-state index in [1.54, 1.807) is 31.9 Å². The average Bonchev–Trinajstić information content (AvgIpc) is 2.92. The van der Waals surface area contributed by atoms with Gasteiger partial charge in [0.05, 0.1) is 18.8 Å². The third-order valence-corrected chi connectivity index (χ3v) is 5.04. The van der Waals surface area contributed by atoms with Crippen LogP contribution in [-0.4, -0.2) is 44.4 Å². The van der Waals surface area contributed by atoms with Gasteiger partial charge in [-0.05, 0) is 43.4 Å². The summed E-state index contributed by atoms with van der Waals surface area (Å²) in [6.45, 7) is 2.65. The molecule has 138 valence electrons. The molecule has 3 nitrogen and oxygen atoms in total. The topological polar surface area (TPSA) is 35.5 Å². The van der Waals surface area contributed by atoms with E-state index in [1.807, 2.05) is 24.3 Å². The maximum atomic E-state index is 13.4. The molecule has 0 bridgehead atoms. The molecule has 2 unspecified atom stereocenters. The number of carbonyl (C=O) groups is 1. The van der Waals surface area contributed by atoms with Gasteiger partial charge in [-0.25, -0.2) is 13.6 Å². The molecule has 0 N–H and O–H groups in total. The van der Waals surface area contributed by atoms with Gasteiger partial charge in [0.2, 0.25) is 0 Å². The van der Waals surface area contributed by atoms with Crippen LogP contribution in [0.2, 0.25) is 0 Å². The second kappa shape index (κ2) is 9.92. The Labute approximate surface area is 151 Å². The lowest BCUT2D eigenvalue weighted by molar-refractivity contribution is -0.136. The van der Waals surface area contributed by atoms with Crippen LogP contribution in [0.1, 0.15) is 25.3 Å². The van der Waals surface area contributed by atoms with Crippen molar-refractivity contribution in [1.82, 2.24) is 0 Å². The minimum Gasteiger partial charge on any atom is -0.462 e. The number of hydrogen-bond acceptors (Lipinski definition) is 4. The summed E-state index contributed by atoms with van der Waals surface area (Å²) in [6.07, 6.45) is -1.03. The number of esters is 1. The van der Waals surface area contributed by atoms with E-state index in [-0.39, 0.29) is 25.4 Å². The fraction of sp³-hybridized carbons (Fsp3) is 0.526. The lowest BCUT2D eigenvalue weighted by Gasteiger charge is -2.11. The Morgan fingerprint density at radius 3 is 2.44 bits per heavy atom. The zero-order valence-electron chi connectivity index (χ0n) is 14.5. The van der Waals surface area contributed by atoms with Crippen molar-refractivity contribution in [3.8, 4) is 0 Å². The fourth-order valence-electron chi connectivity index (χ4n) is 2.81. The van der Waals surface area contributed by atoms with Gasteiger partial charge >= 0.3 is 5.97 Å². The van der Waals surface area contributed by atoms with Gasteiger partial charge in [-0.3, -0.25) is 0 Å². The number of allylic oxidation sites excluding steroid dienone is 1. The predicted molar refractivity (Wildman–Crippen MR) is 96.2 cm³/mol. The molecular formula is C19H24F2O3S. The predicted octanol–water partition coefficient (Wildman–Crippen LogP) is 4.46. The highest BCUT2D eigenvalue weighted by molar-refractivity contribution is 7.99. The van der Waals surface area contributed by atoms with Crippen molar-refractivity contribution in [3.63, 3.8) is 0 Å². The molecule has 1 aromatic carbocycles. The first-order chi connectivity index (χ1) is 12.0. The van der Waals surface area contributed by atoms with Crippen LogP contribution in [0.4, 0.5) is 8.78 Å². The van der Waals surface area contributed by atoms with Gasteiger partial charge in [0.15, 0.2) is 0 Å². The molecule has 2 atom stereocenters. The number of carbonyl (C=O) groups excluding carboxylic acids is 1. The summed E-state index contributed by atoms with van der Waals surface area (Å²) >= 11 is 1.66. The van der Waals surface area contributed by atoms with Gasteiger partial charge in [-0.15, -0.1) is 11.8 Å². The fourth-order valence-corrected chi connectivity index (χ4v) is 3.62. The third-order valence-electron chi connectivity index (χ3n) is 4.07. The van der Waals surface area contributed by atoms with Crippen LogP contribution in [0, 0.1) is 5.92 Å². The Morgan fingerprint density at radius 1 is 1.24 bits per heavy atom. The Balaban J connectivity index is 2.16. The van der Waals surface area contributed by atoms with Crippen molar-refractivity contribution in [2.45, 2.75) is 37.0 Å². The molecule has 0 aromatic heterocycles. The van der Waals surface area contributed by atoms with E-state index in [9.17, 15) is 13.6 Å². The van der Waals surface area contributed by atoms with E-state index in [1.165, 1.54) is 0 Å². The Morgan fingerprint density at radius 2 is 1.88 bits per heavy atom. The van der Waals surface area contributed by atoms with Crippen LogP contribution in [0.15, 0.2) is 35.2 Å². The molecule has 0 spiro atoms. The van der Waals surface area contributed by atoms with Crippen LogP contribution in [0.3, 0.4) is 0 Å². The molecule has 0 amide bonds. The molecule has 0 aliphatic heterocycles. The van der Waals surface area contributed by atoms with Crippen LogP contribution < -0.4 is 0 Å². The quantitative estimate of drug-likeness (QED) is 0.293. The highest BCUT2D eigenvalue weighted by Crippen LogP contribution is 2.34. The Hall–Kier alpha value is -1.40. The van der Waals surface area contributed by atoms with Gasteiger partial charge < -0.3 is 9.47 Å². The molecule has 0 radical (unpaired) electrons. The SMILES string of the molecule is CCOC(=O)/C(=C\C1CC(F)C(F)C1)c1ccc(SCCOC)cc1. The Kier molecular flexibility index (Phi) is 7.90. The summed E-state index contributed by atoms with van der Waals surface area (Å²) in [5.74, 6) is 0.0917. The van der Waals surface area contributed by atoms with Crippen LogP contribution in [0.5, 0.6) is 0 Å². The Bertz CT molecular complexity index is 579. The average molecular weight is 370 g/mol. The van der Waals surface area contributed by atoms with E-state index in [4.69, 9.17) is 9.47 Å². The summed E-state index contributed by atoms with van der Waals surface area (Å²) in [7, 11) is 1.66. The number of rotatable bonds is 8. The summed E-state index contributed by atoms with van der Waals surface area (Å²) in [5, 5.41) is 0. The van der Waals surface area contributed by atoms with Crippen LogP contribution in [0.25, 0.3) is 5.57 Å². The zero-order valence-corrected chi connectivity index (χ0v) is 15.4. The number of hydrogen-bond donors (Lipinski definition) is 0. The van der Waals surface area contributed by atoms with Gasteiger partial charge in [0.25, 0.3) is 0 Å². The summed E-state index contributed by atoms with van der Waals surface area (Å²) < 4.78 is 37.0. The van der Waals surface area contributed by atoms with Crippen molar-refractivity contribution in [1.29, 1.82) is 0 Å². The molecule has 1 aliphatic rings. The van der Waals surface area contributed by atoms with Crippen LogP contribution >= 0.6 is 11.8 Å². The zero-order chi connectivity index (χ0) is 18.2. The molecule has 1 saturated carbocycles. The maximum Gasteiger partial charge on any atom is 0.338 e. The van der Waals surface area contributed by atoms with E-state index in [0.29, 0.717) is 17.7 Å². The lowest BCUT2D eigenvalue weighted by atomic mass is 9.98. The second-order valence-corrected chi connectivity index (χ2v) is 7.10. The van der Waals surface area contributed by atoms with Gasteiger partial charge in [0, 0.05) is 17.8 Å². The van der Waals surface area contributed by atoms with Crippen molar-refractivity contribution in [2.75, 3.05) is 26.1 Å². The third kappa shape index (κ3) is 5.82. The summed E-state index contributed by atoms with van der Waals surface area (Å²) in [6, 6.07) is 7.53. The first-order valence-electron chi connectivity index (χ1n) is 8.44. The van der Waals surface area contributed by atoms with E-state index < -0.39 is 18.3 Å². The van der Waals surface area contributed by atoms with Crippen LogP contribution in [-0.2, 0) is 14.3 Å².